The molecule has 1 amide bonds. The van der Waals surface area contributed by atoms with Crippen molar-refractivity contribution >= 4 is 11.7 Å². The molecule has 0 atom stereocenters. The van der Waals surface area contributed by atoms with E-state index in [1.165, 1.54) is 25.2 Å². The molecule has 0 aliphatic heterocycles. The van der Waals surface area contributed by atoms with Gasteiger partial charge in [0.1, 0.15) is 5.82 Å². The SMILES string of the molecule is CNC(=O)CNCc1ccc(F)cc1C(N)=NO. The minimum Gasteiger partial charge on any atom is -0.409 e. The molecule has 6 nitrogen and oxygen atoms in total. The van der Waals surface area contributed by atoms with Crippen molar-refractivity contribution < 1.29 is 14.4 Å². The molecule has 0 radical (unpaired) electrons. The van der Waals surface area contributed by atoms with Crippen LogP contribution < -0.4 is 16.4 Å². The number of likely N-dealkylation sites (N-methyl/N-ethyl adjacent to an activating group) is 1. The molecule has 1 aromatic rings. The lowest BCUT2D eigenvalue weighted by Gasteiger charge is -2.09. The number of rotatable bonds is 5. The number of nitrogens with two attached hydrogens (primary N) is 1. The van der Waals surface area contributed by atoms with Crippen molar-refractivity contribution in [2.24, 2.45) is 10.9 Å². The summed E-state index contributed by atoms with van der Waals surface area (Å²) in [4.78, 5) is 11.0. The highest BCUT2D eigenvalue weighted by molar-refractivity contribution is 5.98. The van der Waals surface area contributed by atoms with Crippen molar-refractivity contribution in [3.05, 3.63) is 35.1 Å². The predicted molar refractivity (Wildman–Crippen MR) is 64.7 cm³/mol. The maximum atomic E-state index is 13.1. The summed E-state index contributed by atoms with van der Waals surface area (Å²) in [6, 6.07) is 3.95. The average Bonchev–Trinajstić information content (AvgIpc) is 2.39. The Kier molecular flexibility index (Phi) is 5.06. The van der Waals surface area contributed by atoms with Crippen LogP contribution in [-0.4, -0.2) is 30.5 Å². The molecule has 1 aromatic carbocycles. The zero-order chi connectivity index (χ0) is 13.5. The van der Waals surface area contributed by atoms with E-state index in [1.54, 1.807) is 0 Å². The lowest BCUT2D eigenvalue weighted by Crippen LogP contribution is -2.31. The monoisotopic (exact) mass is 254 g/mol. The number of amides is 1. The second-order valence-electron chi connectivity index (χ2n) is 3.56. The summed E-state index contributed by atoms with van der Waals surface area (Å²) in [5.74, 6) is -0.819. The van der Waals surface area contributed by atoms with Crippen LogP contribution in [0.15, 0.2) is 23.4 Å². The van der Waals surface area contributed by atoms with Crippen LogP contribution in [0.25, 0.3) is 0 Å². The number of amidine groups is 1. The Morgan fingerprint density at radius 2 is 2.28 bits per heavy atom. The Morgan fingerprint density at radius 3 is 2.89 bits per heavy atom. The van der Waals surface area contributed by atoms with Gasteiger partial charge in [0.25, 0.3) is 0 Å². The van der Waals surface area contributed by atoms with Crippen LogP contribution >= 0.6 is 0 Å². The predicted octanol–water partition coefficient (Wildman–Crippen LogP) is -0.244. The summed E-state index contributed by atoms with van der Waals surface area (Å²) >= 11 is 0. The minimum atomic E-state index is -0.480. The molecule has 1 rings (SSSR count). The van der Waals surface area contributed by atoms with Crippen molar-refractivity contribution in [3.8, 4) is 0 Å². The number of halogens is 1. The van der Waals surface area contributed by atoms with E-state index in [0.29, 0.717) is 17.7 Å². The molecule has 0 bridgehead atoms. The molecule has 0 aliphatic rings. The van der Waals surface area contributed by atoms with Crippen LogP contribution in [0.1, 0.15) is 11.1 Å². The first-order valence-electron chi connectivity index (χ1n) is 5.26. The smallest absolute Gasteiger partial charge is 0.233 e. The number of nitrogens with one attached hydrogen (secondary N) is 2. The first-order chi connectivity index (χ1) is 8.58. The van der Waals surface area contributed by atoms with E-state index in [2.05, 4.69) is 15.8 Å². The molecular formula is C11H15FN4O2. The van der Waals surface area contributed by atoms with Crippen LogP contribution in [0.3, 0.4) is 0 Å². The van der Waals surface area contributed by atoms with Gasteiger partial charge in [-0.05, 0) is 17.7 Å². The molecule has 0 saturated carbocycles. The number of carbonyl (C=O) groups is 1. The number of carbonyl (C=O) groups excluding carboxylic acids is 1. The van der Waals surface area contributed by atoms with Gasteiger partial charge in [-0.1, -0.05) is 11.2 Å². The standard InChI is InChI=1S/C11H15FN4O2/c1-14-10(17)6-15-5-7-2-3-8(12)4-9(7)11(13)16-18/h2-4,15,18H,5-6H2,1H3,(H2,13,16)(H,14,17). The van der Waals surface area contributed by atoms with E-state index in [4.69, 9.17) is 10.9 Å². The second-order valence-corrected chi connectivity index (χ2v) is 3.56. The highest BCUT2D eigenvalue weighted by Crippen LogP contribution is 2.11. The van der Waals surface area contributed by atoms with Crippen LogP contribution in [0, 0.1) is 5.82 Å². The largest absolute Gasteiger partial charge is 0.409 e. The third kappa shape index (κ3) is 3.70. The number of oxime groups is 1. The van der Waals surface area contributed by atoms with Gasteiger partial charge >= 0.3 is 0 Å². The number of nitrogens with zero attached hydrogens (tertiary/aromatic N) is 1. The van der Waals surface area contributed by atoms with E-state index in [1.807, 2.05) is 0 Å². The lowest BCUT2D eigenvalue weighted by atomic mass is 10.1. The maximum Gasteiger partial charge on any atom is 0.233 e. The van der Waals surface area contributed by atoms with E-state index in [9.17, 15) is 9.18 Å². The highest BCUT2D eigenvalue weighted by Gasteiger charge is 2.09. The van der Waals surface area contributed by atoms with Gasteiger partial charge in [0, 0.05) is 19.2 Å². The molecule has 0 unspecified atom stereocenters. The summed E-state index contributed by atoms with van der Waals surface area (Å²) in [6.45, 7) is 0.433. The molecule has 0 saturated heterocycles. The number of hydrogen-bond donors (Lipinski definition) is 4. The van der Waals surface area contributed by atoms with Crippen molar-refractivity contribution in [1.29, 1.82) is 0 Å². The summed E-state index contributed by atoms with van der Waals surface area (Å²) in [5.41, 5.74) is 6.38. The van der Waals surface area contributed by atoms with Gasteiger partial charge in [0.05, 0.1) is 6.54 Å². The first kappa shape index (κ1) is 13.9. The van der Waals surface area contributed by atoms with Crippen LogP contribution in [-0.2, 0) is 11.3 Å². The van der Waals surface area contributed by atoms with E-state index < -0.39 is 5.82 Å². The molecular weight excluding hydrogens is 239 g/mol. The van der Waals surface area contributed by atoms with Crippen molar-refractivity contribution in [2.45, 2.75) is 6.54 Å². The third-order valence-corrected chi connectivity index (χ3v) is 2.34. The van der Waals surface area contributed by atoms with E-state index in [-0.39, 0.29) is 18.3 Å². The first-order valence-corrected chi connectivity index (χ1v) is 5.26. The summed E-state index contributed by atoms with van der Waals surface area (Å²) in [5, 5.41) is 16.8. The lowest BCUT2D eigenvalue weighted by molar-refractivity contribution is -0.119. The topological polar surface area (TPSA) is 99.7 Å². The zero-order valence-electron chi connectivity index (χ0n) is 9.90. The van der Waals surface area contributed by atoms with Crippen molar-refractivity contribution in [3.63, 3.8) is 0 Å². The van der Waals surface area contributed by atoms with E-state index in [0.717, 1.165) is 0 Å². The Bertz CT molecular complexity index is 462. The van der Waals surface area contributed by atoms with Crippen LogP contribution in [0.2, 0.25) is 0 Å². The Morgan fingerprint density at radius 1 is 1.56 bits per heavy atom. The number of hydrogen-bond acceptors (Lipinski definition) is 4. The third-order valence-electron chi connectivity index (χ3n) is 2.34. The second kappa shape index (κ2) is 6.55. The fourth-order valence-electron chi connectivity index (χ4n) is 1.39. The van der Waals surface area contributed by atoms with Gasteiger partial charge in [-0.15, -0.1) is 0 Å². The molecule has 7 heteroatoms. The normalized spacial score (nSPS) is 11.3. The van der Waals surface area contributed by atoms with Crippen LogP contribution in [0.4, 0.5) is 4.39 Å². The van der Waals surface area contributed by atoms with Gasteiger partial charge in [0.15, 0.2) is 5.84 Å². The highest BCUT2D eigenvalue weighted by atomic mass is 19.1. The summed E-state index contributed by atoms with van der Waals surface area (Å²) < 4.78 is 13.1. The molecule has 18 heavy (non-hydrogen) atoms. The fraction of sp³-hybridized carbons (Fsp3) is 0.273. The molecule has 0 heterocycles. The molecule has 5 N–H and O–H groups in total. The van der Waals surface area contributed by atoms with Gasteiger partial charge in [0.2, 0.25) is 5.91 Å². The fourth-order valence-corrected chi connectivity index (χ4v) is 1.39. The maximum absolute atomic E-state index is 13.1. The molecule has 0 aromatic heterocycles. The summed E-state index contributed by atoms with van der Waals surface area (Å²) in [6.07, 6.45) is 0. The van der Waals surface area contributed by atoms with Gasteiger partial charge in [-0.25, -0.2) is 4.39 Å². The van der Waals surface area contributed by atoms with Crippen LogP contribution in [0.5, 0.6) is 0 Å². The summed E-state index contributed by atoms with van der Waals surface area (Å²) in [7, 11) is 1.53. The Hall–Kier alpha value is -2.15. The molecule has 98 valence electrons. The Labute approximate surface area is 104 Å². The molecule has 0 spiro atoms. The van der Waals surface area contributed by atoms with E-state index >= 15 is 0 Å². The molecule has 0 aliphatic carbocycles. The molecule has 0 fully saturated rings. The zero-order valence-corrected chi connectivity index (χ0v) is 9.90. The average molecular weight is 254 g/mol. The number of benzene rings is 1. The van der Waals surface area contributed by atoms with Crippen molar-refractivity contribution in [1.82, 2.24) is 10.6 Å². The minimum absolute atomic E-state index is 0.128. The van der Waals surface area contributed by atoms with Gasteiger partial charge in [-0.3, -0.25) is 4.79 Å². The Balaban J connectivity index is 2.79. The quantitative estimate of drug-likeness (QED) is 0.252. The van der Waals surface area contributed by atoms with Crippen molar-refractivity contribution in [2.75, 3.05) is 13.6 Å². The van der Waals surface area contributed by atoms with Gasteiger partial charge < -0.3 is 21.6 Å². The van der Waals surface area contributed by atoms with Gasteiger partial charge in [-0.2, -0.15) is 0 Å².